The first-order valence-electron chi connectivity index (χ1n) is 7.72. The summed E-state index contributed by atoms with van der Waals surface area (Å²) in [5.41, 5.74) is 1.82. The average molecular weight is 285 g/mol. The molecule has 0 bridgehead atoms. The minimum absolute atomic E-state index is 0.0387. The summed E-state index contributed by atoms with van der Waals surface area (Å²) in [4.78, 5) is 29.2. The van der Waals surface area contributed by atoms with E-state index in [1.54, 1.807) is 0 Å². The van der Waals surface area contributed by atoms with Gasteiger partial charge >= 0.3 is 5.69 Å². The number of carbonyl (C=O) groups is 1. The van der Waals surface area contributed by atoms with E-state index in [1.165, 1.54) is 0 Å². The summed E-state index contributed by atoms with van der Waals surface area (Å²) in [5, 5.41) is 0. The van der Waals surface area contributed by atoms with Crippen LogP contribution < -0.4 is 5.69 Å². The van der Waals surface area contributed by atoms with Crippen molar-refractivity contribution in [3.8, 4) is 0 Å². The Kier molecular flexibility index (Phi) is 2.87. The van der Waals surface area contributed by atoms with Gasteiger partial charge in [0.15, 0.2) is 0 Å². The number of hydrogen-bond acceptors (Lipinski definition) is 2. The third-order valence-electron chi connectivity index (χ3n) is 4.69. The average Bonchev–Trinajstić information content (AvgIpc) is 3.29. The van der Waals surface area contributed by atoms with E-state index >= 15 is 0 Å². The molecule has 2 heterocycles. The molecule has 110 valence electrons. The van der Waals surface area contributed by atoms with Crippen molar-refractivity contribution in [2.45, 2.75) is 31.7 Å². The Labute approximate surface area is 122 Å². The highest BCUT2D eigenvalue weighted by Gasteiger charge is 2.35. The second-order valence-electron chi connectivity index (χ2n) is 6.15. The fourth-order valence-corrected chi connectivity index (χ4v) is 3.37. The third-order valence-corrected chi connectivity index (χ3v) is 4.69. The smallest absolute Gasteiger partial charge is 0.326 e. The Hall–Kier alpha value is -2.04. The molecule has 4 rings (SSSR count). The summed E-state index contributed by atoms with van der Waals surface area (Å²) < 4.78 is 1.87. The van der Waals surface area contributed by atoms with Gasteiger partial charge in [-0.25, -0.2) is 4.79 Å². The van der Waals surface area contributed by atoms with Crippen molar-refractivity contribution >= 4 is 16.9 Å². The summed E-state index contributed by atoms with van der Waals surface area (Å²) in [6.07, 6.45) is 3.84. The summed E-state index contributed by atoms with van der Waals surface area (Å²) in [6, 6.07) is 7.99. The van der Waals surface area contributed by atoms with Crippen molar-refractivity contribution in [2.75, 3.05) is 13.1 Å². The number of amides is 1. The van der Waals surface area contributed by atoms with Crippen molar-refractivity contribution < 1.29 is 4.79 Å². The largest absolute Gasteiger partial charge is 0.342 e. The van der Waals surface area contributed by atoms with Gasteiger partial charge in [-0.2, -0.15) is 0 Å². The second-order valence-corrected chi connectivity index (χ2v) is 6.15. The van der Waals surface area contributed by atoms with Crippen molar-refractivity contribution in [3.05, 3.63) is 34.7 Å². The molecule has 5 heteroatoms. The molecule has 1 aliphatic heterocycles. The van der Waals surface area contributed by atoms with E-state index in [0.29, 0.717) is 5.91 Å². The van der Waals surface area contributed by atoms with Crippen LogP contribution in [0, 0.1) is 5.92 Å². The zero-order chi connectivity index (χ0) is 14.4. The maximum absolute atomic E-state index is 12.2. The van der Waals surface area contributed by atoms with E-state index in [9.17, 15) is 9.59 Å². The molecule has 2 aromatic rings. The van der Waals surface area contributed by atoms with Crippen LogP contribution in [0.3, 0.4) is 0 Å². The minimum Gasteiger partial charge on any atom is -0.342 e. The topological polar surface area (TPSA) is 58.1 Å². The molecule has 0 unspecified atom stereocenters. The molecule has 1 saturated carbocycles. The summed E-state index contributed by atoms with van der Waals surface area (Å²) in [6.45, 7) is 1.54. The van der Waals surface area contributed by atoms with Crippen molar-refractivity contribution in [2.24, 2.45) is 5.92 Å². The van der Waals surface area contributed by atoms with E-state index in [4.69, 9.17) is 0 Å². The Bertz CT molecular complexity index is 733. The highest BCUT2D eigenvalue weighted by Crippen LogP contribution is 2.33. The second kappa shape index (κ2) is 4.76. The molecule has 5 nitrogen and oxygen atoms in total. The van der Waals surface area contributed by atoms with E-state index < -0.39 is 0 Å². The maximum atomic E-state index is 12.2. The maximum Gasteiger partial charge on any atom is 0.326 e. The summed E-state index contributed by atoms with van der Waals surface area (Å²) >= 11 is 0. The van der Waals surface area contributed by atoms with Gasteiger partial charge in [0.2, 0.25) is 5.91 Å². The van der Waals surface area contributed by atoms with Crippen LogP contribution in [0.4, 0.5) is 0 Å². The fraction of sp³-hybridized carbons (Fsp3) is 0.500. The van der Waals surface area contributed by atoms with Gasteiger partial charge in [-0.1, -0.05) is 12.1 Å². The van der Waals surface area contributed by atoms with Gasteiger partial charge in [0.25, 0.3) is 0 Å². The molecule has 1 aliphatic carbocycles. The number of para-hydroxylation sites is 2. The van der Waals surface area contributed by atoms with Gasteiger partial charge in [-0.15, -0.1) is 0 Å². The van der Waals surface area contributed by atoms with Crippen LogP contribution in [0.15, 0.2) is 29.1 Å². The highest BCUT2D eigenvalue weighted by molar-refractivity contribution is 5.81. The number of fused-ring (bicyclic) bond motifs is 1. The van der Waals surface area contributed by atoms with Crippen LogP contribution in [0.25, 0.3) is 11.0 Å². The number of imidazole rings is 1. The molecule has 2 aliphatic rings. The van der Waals surface area contributed by atoms with E-state index in [-0.39, 0.29) is 17.6 Å². The van der Waals surface area contributed by atoms with E-state index in [1.807, 2.05) is 33.7 Å². The minimum atomic E-state index is -0.0387. The van der Waals surface area contributed by atoms with E-state index in [2.05, 4.69) is 4.98 Å². The normalized spacial score (nSPS) is 20.1. The van der Waals surface area contributed by atoms with Crippen molar-refractivity contribution in [3.63, 3.8) is 0 Å². The van der Waals surface area contributed by atoms with Gasteiger partial charge in [0.05, 0.1) is 11.0 Å². The number of aromatic nitrogens is 2. The Morgan fingerprint density at radius 3 is 2.52 bits per heavy atom. The van der Waals surface area contributed by atoms with Crippen LogP contribution in [-0.2, 0) is 4.79 Å². The lowest BCUT2D eigenvalue weighted by Crippen LogP contribution is -2.41. The Morgan fingerprint density at radius 1 is 1.10 bits per heavy atom. The number of H-pyrrole nitrogens is 1. The molecule has 1 amide bonds. The summed E-state index contributed by atoms with van der Waals surface area (Å²) in [5.74, 6) is 0.608. The standard InChI is InChI=1S/C16H19N3O2/c20-15(11-5-6-11)18-9-7-12(8-10-18)19-14-4-2-1-3-13(14)17-16(19)21/h1-4,11-12H,5-10H2,(H,17,21). The number of carbonyl (C=O) groups excluding carboxylic acids is 1. The van der Waals surface area contributed by atoms with Crippen LogP contribution in [0.5, 0.6) is 0 Å². The van der Waals surface area contributed by atoms with Gasteiger partial charge in [0.1, 0.15) is 0 Å². The highest BCUT2D eigenvalue weighted by atomic mass is 16.2. The number of nitrogens with zero attached hydrogens (tertiary/aromatic N) is 2. The molecule has 21 heavy (non-hydrogen) atoms. The third kappa shape index (κ3) is 2.17. The van der Waals surface area contributed by atoms with Crippen LogP contribution in [0.2, 0.25) is 0 Å². The number of rotatable bonds is 2. The zero-order valence-corrected chi connectivity index (χ0v) is 11.9. The lowest BCUT2D eigenvalue weighted by Gasteiger charge is -2.32. The summed E-state index contributed by atoms with van der Waals surface area (Å²) in [7, 11) is 0. The molecule has 2 fully saturated rings. The Balaban J connectivity index is 1.56. The van der Waals surface area contributed by atoms with Crippen molar-refractivity contribution in [1.29, 1.82) is 0 Å². The van der Waals surface area contributed by atoms with Crippen molar-refractivity contribution in [1.82, 2.24) is 14.5 Å². The van der Waals surface area contributed by atoms with Gasteiger partial charge < -0.3 is 9.88 Å². The van der Waals surface area contributed by atoms with E-state index in [0.717, 1.165) is 49.8 Å². The number of nitrogens with one attached hydrogen (secondary N) is 1. The molecule has 0 radical (unpaired) electrons. The number of aromatic amines is 1. The molecule has 1 N–H and O–H groups in total. The number of piperidine rings is 1. The predicted molar refractivity (Wildman–Crippen MR) is 80.1 cm³/mol. The Morgan fingerprint density at radius 2 is 1.81 bits per heavy atom. The van der Waals surface area contributed by atoms with Crippen LogP contribution in [-0.4, -0.2) is 33.4 Å². The first kappa shape index (κ1) is 12.7. The first-order valence-corrected chi connectivity index (χ1v) is 7.72. The number of hydrogen-bond donors (Lipinski definition) is 1. The molecule has 1 aromatic carbocycles. The SMILES string of the molecule is O=C(C1CC1)N1CCC(n2c(=O)[nH]c3ccccc32)CC1. The van der Waals surface area contributed by atoms with Gasteiger partial charge in [-0.3, -0.25) is 9.36 Å². The fourth-order valence-electron chi connectivity index (χ4n) is 3.37. The number of benzene rings is 1. The zero-order valence-electron chi connectivity index (χ0n) is 11.9. The predicted octanol–water partition coefficient (Wildman–Crippen LogP) is 1.90. The van der Waals surface area contributed by atoms with Crippen LogP contribution >= 0.6 is 0 Å². The van der Waals surface area contributed by atoms with Crippen LogP contribution in [0.1, 0.15) is 31.7 Å². The molecule has 0 spiro atoms. The first-order chi connectivity index (χ1) is 10.2. The molecule has 1 saturated heterocycles. The monoisotopic (exact) mass is 285 g/mol. The lowest BCUT2D eigenvalue weighted by atomic mass is 10.0. The molecular weight excluding hydrogens is 266 g/mol. The lowest BCUT2D eigenvalue weighted by molar-refractivity contribution is -0.133. The quantitative estimate of drug-likeness (QED) is 0.916. The van der Waals surface area contributed by atoms with Gasteiger partial charge in [0, 0.05) is 25.0 Å². The van der Waals surface area contributed by atoms with Gasteiger partial charge in [-0.05, 0) is 37.8 Å². The molecule has 1 aromatic heterocycles. The molecular formula is C16H19N3O2. The molecule has 0 atom stereocenters. The number of likely N-dealkylation sites (tertiary alicyclic amines) is 1.